The van der Waals surface area contributed by atoms with E-state index in [0.717, 1.165) is 0 Å². The van der Waals surface area contributed by atoms with E-state index < -0.39 is 11.9 Å². The van der Waals surface area contributed by atoms with E-state index >= 15 is 0 Å². The predicted molar refractivity (Wildman–Crippen MR) is 75.2 cm³/mol. The lowest BCUT2D eigenvalue weighted by molar-refractivity contribution is -0.142. The van der Waals surface area contributed by atoms with E-state index in [-0.39, 0.29) is 18.6 Å². The van der Waals surface area contributed by atoms with Crippen LogP contribution in [0, 0.1) is 0 Å². The summed E-state index contributed by atoms with van der Waals surface area (Å²) in [7, 11) is 1.70. The van der Waals surface area contributed by atoms with Crippen molar-refractivity contribution in [1.29, 1.82) is 0 Å². The van der Waals surface area contributed by atoms with Crippen molar-refractivity contribution < 1.29 is 18.7 Å². The van der Waals surface area contributed by atoms with Gasteiger partial charge in [0, 0.05) is 13.6 Å². The van der Waals surface area contributed by atoms with E-state index in [9.17, 15) is 9.59 Å². The molecule has 0 spiro atoms. The second-order valence-electron chi connectivity index (χ2n) is 5.22. The van der Waals surface area contributed by atoms with Crippen LogP contribution in [0.1, 0.15) is 12.7 Å². The number of hydrogen-bond acceptors (Lipinski definition) is 5. The maximum Gasteiger partial charge on any atom is 0.237 e. The quantitative estimate of drug-likeness (QED) is 0.813. The van der Waals surface area contributed by atoms with Crippen LogP contribution in [-0.4, -0.2) is 60.5 Å². The monoisotopic (exact) mass is 295 g/mol. The minimum atomic E-state index is -0.570. The Morgan fingerprint density at radius 3 is 2.90 bits per heavy atom. The van der Waals surface area contributed by atoms with Gasteiger partial charge in [-0.2, -0.15) is 0 Å². The number of morpholine rings is 1. The number of rotatable bonds is 5. The lowest BCUT2D eigenvalue weighted by Crippen LogP contribution is -2.58. The Morgan fingerprint density at radius 2 is 2.29 bits per heavy atom. The molecule has 1 aliphatic heterocycles. The van der Waals surface area contributed by atoms with Gasteiger partial charge in [-0.25, -0.2) is 0 Å². The molecule has 0 unspecified atom stereocenters. The summed E-state index contributed by atoms with van der Waals surface area (Å²) in [5.41, 5.74) is 5.41. The van der Waals surface area contributed by atoms with Crippen molar-refractivity contribution in [1.82, 2.24) is 9.80 Å². The van der Waals surface area contributed by atoms with Crippen LogP contribution in [0.5, 0.6) is 0 Å². The molecular formula is C14H21N3O4. The second-order valence-corrected chi connectivity index (χ2v) is 5.22. The standard InChI is InChI=1S/C14H21N3O4/c1-10-13(14(15)19)17(5-7-20-10)9-12(18)16(2)8-11-4-3-6-21-11/h3-4,6,10,13H,5,7-9H2,1-2H3,(H2,15,19)/t10-,13+/m1/s1. The van der Waals surface area contributed by atoms with Crippen molar-refractivity contribution in [3.05, 3.63) is 24.2 Å². The number of carbonyl (C=O) groups excluding carboxylic acids is 2. The van der Waals surface area contributed by atoms with Crippen LogP contribution in [0.4, 0.5) is 0 Å². The molecule has 1 aromatic heterocycles. The fraction of sp³-hybridized carbons (Fsp3) is 0.571. The Morgan fingerprint density at radius 1 is 1.52 bits per heavy atom. The van der Waals surface area contributed by atoms with Crippen LogP contribution in [0.25, 0.3) is 0 Å². The SMILES string of the molecule is C[C@H]1OCCN(CC(=O)N(C)Cc2ccco2)[C@@H]1C(N)=O. The molecule has 2 N–H and O–H groups in total. The van der Waals surface area contributed by atoms with Gasteiger partial charge in [0.2, 0.25) is 11.8 Å². The summed E-state index contributed by atoms with van der Waals surface area (Å²) in [6, 6.07) is 3.02. The predicted octanol–water partition coefficient (Wildman–Crippen LogP) is -0.187. The number of carbonyl (C=O) groups is 2. The van der Waals surface area contributed by atoms with Crippen LogP contribution in [0.2, 0.25) is 0 Å². The van der Waals surface area contributed by atoms with Gasteiger partial charge in [0.25, 0.3) is 0 Å². The highest BCUT2D eigenvalue weighted by atomic mass is 16.5. The third-order valence-corrected chi connectivity index (χ3v) is 3.63. The Bertz CT molecular complexity index is 488. The molecule has 0 bridgehead atoms. The van der Waals surface area contributed by atoms with Crippen molar-refractivity contribution in [2.75, 3.05) is 26.7 Å². The molecule has 1 saturated heterocycles. The van der Waals surface area contributed by atoms with Crippen molar-refractivity contribution in [2.45, 2.75) is 25.6 Å². The fourth-order valence-electron chi connectivity index (χ4n) is 2.49. The minimum absolute atomic E-state index is 0.0910. The van der Waals surface area contributed by atoms with E-state index in [0.29, 0.717) is 25.5 Å². The highest BCUT2D eigenvalue weighted by Gasteiger charge is 2.35. The van der Waals surface area contributed by atoms with Gasteiger partial charge in [-0.1, -0.05) is 0 Å². The van der Waals surface area contributed by atoms with Gasteiger partial charge < -0.3 is 19.8 Å². The minimum Gasteiger partial charge on any atom is -0.467 e. The number of nitrogens with two attached hydrogens (primary N) is 1. The molecule has 21 heavy (non-hydrogen) atoms. The summed E-state index contributed by atoms with van der Waals surface area (Å²) in [5.74, 6) is 0.156. The third kappa shape index (κ3) is 3.83. The van der Waals surface area contributed by atoms with E-state index in [1.807, 2.05) is 6.07 Å². The van der Waals surface area contributed by atoms with E-state index in [2.05, 4.69) is 0 Å². The number of furan rings is 1. The normalized spacial score (nSPS) is 23.0. The van der Waals surface area contributed by atoms with Gasteiger partial charge in [-0.3, -0.25) is 14.5 Å². The first kappa shape index (κ1) is 15.5. The molecule has 2 amide bonds. The fourth-order valence-corrected chi connectivity index (χ4v) is 2.49. The van der Waals surface area contributed by atoms with Crippen LogP contribution in [-0.2, 0) is 20.9 Å². The molecule has 116 valence electrons. The van der Waals surface area contributed by atoms with Crippen LogP contribution >= 0.6 is 0 Å². The summed E-state index contributed by atoms with van der Waals surface area (Å²) in [6.45, 7) is 3.32. The molecule has 2 rings (SSSR count). The molecule has 7 nitrogen and oxygen atoms in total. The Balaban J connectivity index is 1.95. The van der Waals surface area contributed by atoms with E-state index in [4.69, 9.17) is 14.9 Å². The summed E-state index contributed by atoms with van der Waals surface area (Å²) < 4.78 is 10.6. The lowest BCUT2D eigenvalue weighted by Gasteiger charge is -2.37. The molecule has 1 aliphatic rings. The smallest absolute Gasteiger partial charge is 0.237 e. The summed E-state index contributed by atoms with van der Waals surface area (Å²) in [5, 5.41) is 0. The maximum atomic E-state index is 12.3. The van der Waals surface area contributed by atoms with Gasteiger partial charge in [0.05, 0.1) is 32.1 Å². The molecule has 2 atom stereocenters. The first-order valence-corrected chi connectivity index (χ1v) is 6.90. The number of amides is 2. The summed E-state index contributed by atoms with van der Waals surface area (Å²) in [6.07, 6.45) is 1.26. The zero-order valence-electron chi connectivity index (χ0n) is 12.3. The van der Waals surface area contributed by atoms with Crippen molar-refractivity contribution >= 4 is 11.8 Å². The third-order valence-electron chi connectivity index (χ3n) is 3.63. The Kier molecular flexibility index (Phi) is 4.98. The zero-order valence-corrected chi connectivity index (χ0v) is 12.3. The molecule has 1 fully saturated rings. The first-order chi connectivity index (χ1) is 9.99. The summed E-state index contributed by atoms with van der Waals surface area (Å²) in [4.78, 5) is 27.1. The van der Waals surface area contributed by atoms with Crippen LogP contribution in [0.15, 0.2) is 22.8 Å². The van der Waals surface area contributed by atoms with E-state index in [1.165, 1.54) is 0 Å². The molecule has 0 radical (unpaired) electrons. The first-order valence-electron chi connectivity index (χ1n) is 6.90. The molecular weight excluding hydrogens is 274 g/mol. The van der Waals surface area contributed by atoms with Crippen LogP contribution < -0.4 is 5.73 Å². The van der Waals surface area contributed by atoms with Crippen molar-refractivity contribution in [2.24, 2.45) is 5.73 Å². The molecule has 0 saturated carbocycles. The van der Waals surface area contributed by atoms with Gasteiger partial charge in [0.1, 0.15) is 11.8 Å². The highest BCUT2D eigenvalue weighted by Crippen LogP contribution is 2.14. The molecule has 7 heteroatoms. The number of hydrogen-bond donors (Lipinski definition) is 1. The number of nitrogens with zero attached hydrogens (tertiary/aromatic N) is 2. The molecule has 0 aliphatic carbocycles. The van der Waals surface area contributed by atoms with Gasteiger partial charge in [0.15, 0.2) is 0 Å². The molecule has 2 heterocycles. The largest absolute Gasteiger partial charge is 0.467 e. The van der Waals surface area contributed by atoms with E-state index in [1.54, 1.807) is 36.1 Å². The topological polar surface area (TPSA) is 89.0 Å². The van der Waals surface area contributed by atoms with Gasteiger partial charge in [-0.05, 0) is 19.1 Å². The number of likely N-dealkylation sites (N-methyl/N-ethyl adjacent to an activating group) is 1. The maximum absolute atomic E-state index is 12.3. The van der Waals surface area contributed by atoms with Crippen molar-refractivity contribution in [3.8, 4) is 0 Å². The molecule has 1 aromatic rings. The van der Waals surface area contributed by atoms with Gasteiger partial charge in [-0.15, -0.1) is 0 Å². The summed E-state index contributed by atoms with van der Waals surface area (Å²) >= 11 is 0. The Hall–Kier alpha value is -1.86. The highest BCUT2D eigenvalue weighted by molar-refractivity contribution is 5.83. The van der Waals surface area contributed by atoms with Gasteiger partial charge >= 0.3 is 0 Å². The van der Waals surface area contributed by atoms with Crippen molar-refractivity contribution in [3.63, 3.8) is 0 Å². The lowest BCUT2D eigenvalue weighted by atomic mass is 10.1. The zero-order chi connectivity index (χ0) is 15.4. The average Bonchev–Trinajstić information content (AvgIpc) is 2.91. The number of primary amides is 1. The Labute approximate surface area is 123 Å². The van der Waals surface area contributed by atoms with Crippen LogP contribution in [0.3, 0.4) is 0 Å². The average molecular weight is 295 g/mol. The molecule has 0 aromatic carbocycles. The second kappa shape index (κ2) is 6.73. The number of ether oxygens (including phenoxy) is 1.